The van der Waals surface area contributed by atoms with Crippen molar-refractivity contribution < 1.29 is 0 Å². The summed E-state index contributed by atoms with van der Waals surface area (Å²) in [5.41, 5.74) is 1.07. The van der Waals surface area contributed by atoms with Crippen molar-refractivity contribution in [3.63, 3.8) is 0 Å². The zero-order valence-electron chi connectivity index (χ0n) is 9.28. The van der Waals surface area contributed by atoms with E-state index < -0.39 is 0 Å². The smallest absolute Gasteiger partial charge is 0.0775 e. The third kappa shape index (κ3) is 2.91. The summed E-state index contributed by atoms with van der Waals surface area (Å²) >= 11 is 3.49. The number of thiophene rings is 1. The summed E-state index contributed by atoms with van der Waals surface area (Å²) in [5, 5.41) is 0. The highest BCUT2D eigenvalue weighted by Crippen LogP contribution is 2.15. The van der Waals surface area contributed by atoms with Crippen molar-refractivity contribution in [2.24, 2.45) is 0 Å². The Morgan fingerprint density at radius 3 is 2.31 bits per heavy atom. The second-order valence-corrected chi connectivity index (χ2v) is 5.56. The molecule has 1 aromatic heterocycles. The lowest BCUT2D eigenvalue weighted by atomic mass is 10.2. The van der Waals surface area contributed by atoms with Gasteiger partial charge in [-0.25, -0.2) is 0 Å². The van der Waals surface area contributed by atoms with Gasteiger partial charge in [0.1, 0.15) is 0 Å². The molecule has 0 saturated carbocycles. The summed E-state index contributed by atoms with van der Waals surface area (Å²) in [7, 11) is 0. The van der Waals surface area contributed by atoms with Crippen LogP contribution in [0.4, 0.5) is 0 Å². The van der Waals surface area contributed by atoms with Crippen LogP contribution in [-0.4, -0.2) is 6.26 Å². The van der Waals surface area contributed by atoms with Crippen LogP contribution in [0.2, 0.25) is 0 Å². The molecular formula is C14H12S2. The molecule has 0 aliphatic rings. The van der Waals surface area contributed by atoms with Crippen LogP contribution in [0.5, 0.6) is 0 Å². The van der Waals surface area contributed by atoms with Crippen molar-refractivity contribution in [1.29, 1.82) is 0 Å². The van der Waals surface area contributed by atoms with Gasteiger partial charge in [0.2, 0.25) is 0 Å². The molecular weight excluding hydrogens is 232 g/mol. The van der Waals surface area contributed by atoms with Crippen LogP contribution in [0, 0.1) is 18.8 Å². The van der Waals surface area contributed by atoms with Gasteiger partial charge in [0.25, 0.3) is 0 Å². The normalized spacial score (nSPS) is 9.62. The average Bonchev–Trinajstić information content (AvgIpc) is 2.73. The molecule has 0 N–H and O–H groups in total. The quantitative estimate of drug-likeness (QED) is 0.536. The van der Waals surface area contributed by atoms with Crippen LogP contribution in [0.1, 0.15) is 15.3 Å². The molecule has 16 heavy (non-hydrogen) atoms. The number of rotatable bonds is 1. The van der Waals surface area contributed by atoms with Gasteiger partial charge in [0, 0.05) is 15.3 Å². The van der Waals surface area contributed by atoms with Crippen molar-refractivity contribution in [3.05, 3.63) is 51.7 Å². The standard InChI is InChI=1S/C14H12S2/c1-11-3-7-14(16-11)10-6-12-4-8-13(15-2)9-5-12/h3-5,7-9H,1-2H3. The van der Waals surface area contributed by atoms with Gasteiger partial charge < -0.3 is 0 Å². The monoisotopic (exact) mass is 244 g/mol. The molecule has 0 aliphatic carbocycles. The number of hydrogen-bond donors (Lipinski definition) is 0. The summed E-state index contributed by atoms with van der Waals surface area (Å²) in [6.07, 6.45) is 2.08. The second-order valence-electron chi connectivity index (χ2n) is 3.39. The number of aryl methyl sites for hydroxylation is 1. The Hall–Kier alpha value is -1.17. The maximum Gasteiger partial charge on any atom is 0.0775 e. The van der Waals surface area contributed by atoms with Crippen molar-refractivity contribution >= 4 is 23.1 Å². The van der Waals surface area contributed by atoms with Crippen molar-refractivity contribution in [2.75, 3.05) is 6.26 Å². The topological polar surface area (TPSA) is 0 Å². The van der Waals surface area contributed by atoms with Crippen LogP contribution in [0.15, 0.2) is 41.3 Å². The SMILES string of the molecule is CSc1ccc(C#Cc2ccc(C)s2)cc1. The van der Waals surface area contributed by atoms with Crippen LogP contribution >= 0.6 is 23.1 Å². The van der Waals surface area contributed by atoms with Gasteiger partial charge in [-0.3, -0.25) is 0 Å². The fourth-order valence-electron chi connectivity index (χ4n) is 1.31. The zero-order valence-corrected chi connectivity index (χ0v) is 10.9. The summed E-state index contributed by atoms with van der Waals surface area (Å²) in [6, 6.07) is 12.5. The summed E-state index contributed by atoms with van der Waals surface area (Å²) in [5.74, 6) is 6.36. The molecule has 0 atom stereocenters. The zero-order chi connectivity index (χ0) is 11.4. The Morgan fingerprint density at radius 1 is 1.00 bits per heavy atom. The fourth-order valence-corrected chi connectivity index (χ4v) is 2.44. The molecule has 0 spiro atoms. The van der Waals surface area contributed by atoms with Gasteiger partial charge in [0.05, 0.1) is 4.88 Å². The van der Waals surface area contributed by atoms with Crippen molar-refractivity contribution in [3.8, 4) is 11.8 Å². The summed E-state index contributed by atoms with van der Waals surface area (Å²) in [4.78, 5) is 3.71. The van der Waals surface area contributed by atoms with Gasteiger partial charge in [-0.05, 0) is 49.6 Å². The summed E-state index contributed by atoms with van der Waals surface area (Å²) < 4.78 is 0. The third-order valence-electron chi connectivity index (χ3n) is 2.16. The molecule has 2 aromatic rings. The highest BCUT2D eigenvalue weighted by Gasteiger charge is 1.92. The van der Waals surface area contributed by atoms with Gasteiger partial charge in [-0.2, -0.15) is 0 Å². The molecule has 0 unspecified atom stereocenters. The van der Waals surface area contributed by atoms with Crippen LogP contribution < -0.4 is 0 Å². The minimum atomic E-state index is 1.07. The molecule has 0 fully saturated rings. The first-order valence-electron chi connectivity index (χ1n) is 5.00. The third-order valence-corrected chi connectivity index (χ3v) is 3.82. The molecule has 0 saturated heterocycles. The van der Waals surface area contributed by atoms with E-state index in [2.05, 4.69) is 61.4 Å². The Balaban J connectivity index is 2.17. The van der Waals surface area contributed by atoms with Crippen molar-refractivity contribution in [1.82, 2.24) is 0 Å². The van der Waals surface area contributed by atoms with E-state index in [1.807, 2.05) is 0 Å². The number of thioether (sulfide) groups is 1. The molecule has 0 aliphatic heterocycles. The molecule has 80 valence electrons. The highest BCUT2D eigenvalue weighted by molar-refractivity contribution is 7.98. The molecule has 1 heterocycles. The molecule has 2 heteroatoms. The lowest BCUT2D eigenvalue weighted by Crippen LogP contribution is -1.74. The first kappa shape index (κ1) is 11.3. The molecule has 2 rings (SSSR count). The van der Waals surface area contributed by atoms with E-state index in [-0.39, 0.29) is 0 Å². The lowest BCUT2D eigenvalue weighted by molar-refractivity contribution is 1.45. The van der Waals surface area contributed by atoms with E-state index >= 15 is 0 Å². The molecule has 0 amide bonds. The van der Waals surface area contributed by atoms with E-state index in [0.29, 0.717) is 0 Å². The molecule has 0 radical (unpaired) electrons. The average molecular weight is 244 g/mol. The highest BCUT2D eigenvalue weighted by atomic mass is 32.2. The first-order chi connectivity index (χ1) is 7.78. The van der Waals surface area contributed by atoms with Gasteiger partial charge in [-0.1, -0.05) is 11.8 Å². The van der Waals surface area contributed by atoms with Crippen LogP contribution in [0.25, 0.3) is 0 Å². The first-order valence-corrected chi connectivity index (χ1v) is 7.04. The van der Waals surface area contributed by atoms with E-state index in [4.69, 9.17) is 0 Å². The maximum atomic E-state index is 3.18. The van der Waals surface area contributed by atoms with Crippen LogP contribution in [-0.2, 0) is 0 Å². The lowest BCUT2D eigenvalue weighted by Gasteiger charge is -1.94. The Morgan fingerprint density at radius 2 is 1.75 bits per heavy atom. The predicted octanol–water partition coefficient (Wildman–Crippen LogP) is 4.18. The predicted molar refractivity (Wildman–Crippen MR) is 73.3 cm³/mol. The Kier molecular flexibility index (Phi) is 3.71. The van der Waals surface area contributed by atoms with E-state index in [1.165, 1.54) is 9.77 Å². The molecule has 1 aromatic carbocycles. The minimum absolute atomic E-state index is 1.07. The van der Waals surface area contributed by atoms with Crippen molar-refractivity contribution in [2.45, 2.75) is 11.8 Å². The molecule has 0 nitrogen and oxygen atoms in total. The van der Waals surface area contributed by atoms with Gasteiger partial charge >= 0.3 is 0 Å². The minimum Gasteiger partial charge on any atom is -0.132 e. The van der Waals surface area contributed by atoms with Gasteiger partial charge in [-0.15, -0.1) is 23.1 Å². The maximum absolute atomic E-state index is 3.18. The van der Waals surface area contributed by atoms with E-state index in [1.54, 1.807) is 23.1 Å². The van der Waals surface area contributed by atoms with E-state index in [0.717, 1.165) is 10.4 Å². The Labute approximate surface area is 105 Å². The number of hydrogen-bond acceptors (Lipinski definition) is 2. The molecule has 0 bridgehead atoms. The van der Waals surface area contributed by atoms with E-state index in [9.17, 15) is 0 Å². The Bertz CT molecular complexity index is 524. The van der Waals surface area contributed by atoms with Gasteiger partial charge in [0.15, 0.2) is 0 Å². The largest absolute Gasteiger partial charge is 0.132 e. The van der Waals surface area contributed by atoms with Crippen LogP contribution in [0.3, 0.4) is 0 Å². The fraction of sp³-hybridized carbons (Fsp3) is 0.143. The summed E-state index contributed by atoms with van der Waals surface area (Å²) in [6.45, 7) is 2.10. The second kappa shape index (κ2) is 5.25. The number of benzene rings is 1.